The van der Waals surface area contributed by atoms with E-state index >= 15 is 0 Å². The molecule has 1 unspecified atom stereocenters. The minimum atomic E-state index is -3.71. The summed E-state index contributed by atoms with van der Waals surface area (Å²) < 4.78 is 24.8. The molecule has 4 rings (SSSR count). The van der Waals surface area contributed by atoms with Gasteiger partial charge in [0.2, 0.25) is 21.1 Å². The maximum atomic E-state index is 12.7. The predicted octanol–water partition coefficient (Wildman–Crippen LogP) is -3.52. The van der Waals surface area contributed by atoms with Crippen molar-refractivity contribution < 1.29 is 27.9 Å². The van der Waals surface area contributed by atoms with E-state index in [1.165, 1.54) is 27.5 Å². The molecule has 0 bridgehead atoms. The van der Waals surface area contributed by atoms with E-state index in [0.717, 1.165) is 16.7 Å². The van der Waals surface area contributed by atoms with Crippen LogP contribution in [-0.2, 0) is 37.5 Å². The lowest BCUT2D eigenvalue weighted by Gasteiger charge is -2.49. The van der Waals surface area contributed by atoms with Gasteiger partial charge in [-0.3, -0.25) is 14.5 Å². The van der Waals surface area contributed by atoms with Gasteiger partial charge in [0, 0.05) is 11.5 Å². The van der Waals surface area contributed by atoms with Crippen LogP contribution >= 0.6 is 23.5 Å². The van der Waals surface area contributed by atoms with Crippen LogP contribution in [-0.4, -0.2) is 105 Å². The molecule has 0 saturated carbocycles. The van der Waals surface area contributed by atoms with Crippen molar-refractivity contribution >= 4 is 51.3 Å². The number of tetrazole rings is 2. The fraction of sp³-hybridized carbons (Fsp3) is 0.500. The zero-order valence-corrected chi connectivity index (χ0v) is 19.5. The molecule has 0 aromatic carbocycles. The van der Waals surface area contributed by atoms with Crippen molar-refractivity contribution in [1.29, 1.82) is 0 Å². The molecule has 2 aromatic heterocycles. The number of sulfonamides is 1. The minimum absolute atomic E-state index is 0.0630. The summed E-state index contributed by atoms with van der Waals surface area (Å²) >= 11 is 2.42. The monoisotopic (exact) mass is 531 g/mol. The number of aliphatic carboxylic acids is 1. The van der Waals surface area contributed by atoms with Crippen molar-refractivity contribution in [2.45, 2.75) is 29.7 Å². The highest BCUT2D eigenvalue weighted by Crippen LogP contribution is 2.41. The molecular weight excluding hydrogens is 514 g/mol. The van der Waals surface area contributed by atoms with E-state index < -0.39 is 39.2 Å². The van der Waals surface area contributed by atoms with Crippen LogP contribution in [0.3, 0.4) is 0 Å². The van der Waals surface area contributed by atoms with Crippen molar-refractivity contribution in [3.63, 3.8) is 0 Å². The third kappa shape index (κ3) is 5.18. The van der Waals surface area contributed by atoms with Gasteiger partial charge in [-0.25, -0.2) is 27.7 Å². The van der Waals surface area contributed by atoms with Crippen LogP contribution in [0.25, 0.3) is 0 Å². The molecule has 17 nitrogen and oxygen atoms in total. The quantitative estimate of drug-likeness (QED) is 0.199. The summed E-state index contributed by atoms with van der Waals surface area (Å²) in [7, 11) is -3.71. The summed E-state index contributed by atoms with van der Waals surface area (Å²) in [6.45, 7) is -0.246. The normalized spacial score (nSPS) is 20.1. The molecule has 0 radical (unpaired) electrons. The number of carbonyl (C=O) groups excluding carboxylic acids is 2. The van der Waals surface area contributed by atoms with Crippen molar-refractivity contribution in [2.75, 3.05) is 17.3 Å². The molecule has 2 aliphatic rings. The fourth-order valence-electron chi connectivity index (χ4n) is 3.22. The van der Waals surface area contributed by atoms with Crippen LogP contribution in [0.15, 0.2) is 22.8 Å². The number of rotatable bonds is 10. The number of nitrogens with one attached hydrogen (secondary N) is 1. The van der Waals surface area contributed by atoms with Gasteiger partial charge in [-0.05, 0) is 26.4 Å². The third-order valence-electron chi connectivity index (χ3n) is 4.73. The van der Waals surface area contributed by atoms with Crippen molar-refractivity contribution in [3.05, 3.63) is 17.6 Å². The van der Waals surface area contributed by atoms with Gasteiger partial charge in [0.25, 0.3) is 5.91 Å². The first-order valence-electron chi connectivity index (χ1n) is 9.43. The minimum Gasteiger partial charge on any atom is -0.477 e. The predicted molar refractivity (Wildman–Crippen MR) is 114 cm³/mol. The first-order chi connectivity index (χ1) is 16.1. The largest absolute Gasteiger partial charge is 0.477 e. The van der Waals surface area contributed by atoms with Gasteiger partial charge in [0.15, 0.2) is 0 Å². The first-order valence-corrected chi connectivity index (χ1v) is 13.2. The average molecular weight is 532 g/mol. The van der Waals surface area contributed by atoms with Gasteiger partial charge >= 0.3 is 5.97 Å². The van der Waals surface area contributed by atoms with Crippen LogP contribution in [0.4, 0.5) is 0 Å². The van der Waals surface area contributed by atoms with Gasteiger partial charge in [-0.15, -0.1) is 22.0 Å². The van der Waals surface area contributed by atoms with Gasteiger partial charge in [-0.1, -0.05) is 11.8 Å². The molecule has 182 valence electrons. The molecule has 0 spiro atoms. The molecule has 2 aliphatic heterocycles. The highest BCUT2D eigenvalue weighted by atomic mass is 32.2. The number of β-lactam (4-membered cyclic amide) rings is 1. The molecular formula is C14H17N11O6S3. The van der Waals surface area contributed by atoms with Gasteiger partial charge in [0.05, 0.1) is 12.3 Å². The number of aromatic nitrogens is 8. The second-order valence-electron chi connectivity index (χ2n) is 7.06. The van der Waals surface area contributed by atoms with Crippen molar-refractivity contribution in [1.82, 2.24) is 50.6 Å². The van der Waals surface area contributed by atoms with Crippen LogP contribution in [0.2, 0.25) is 0 Å². The molecule has 4 N–H and O–H groups in total. The van der Waals surface area contributed by atoms with E-state index in [4.69, 9.17) is 5.14 Å². The molecule has 0 aliphatic carbocycles. The summed E-state index contributed by atoms with van der Waals surface area (Å²) in [6, 6.07) is -0.872. The van der Waals surface area contributed by atoms with E-state index in [0.29, 0.717) is 11.3 Å². The van der Waals surface area contributed by atoms with Crippen LogP contribution < -0.4 is 10.5 Å². The molecule has 1 saturated heterocycles. The number of hydrogen-bond acceptors (Lipinski definition) is 13. The summed E-state index contributed by atoms with van der Waals surface area (Å²) in [5, 5.41) is 38.5. The molecule has 20 heteroatoms. The standard InChI is InChI=1S/C14H17N11O6S3/c15-34(30,31)2-1-24-14(18-20-22-24)33-5-7-4-32-12-9(11(27)25(12)10(7)13(28)29)17-8(26)3-23-6-16-19-21-23/h6,9,12H,1-5H2,(H,17,26)(H,28,29)(H2,15,30,31)/t9?,12-/m1/s1. The number of carboxylic acid groups (broad SMARTS) is 1. The topological polar surface area (TPSA) is 234 Å². The lowest BCUT2D eigenvalue weighted by atomic mass is 10.0. The highest BCUT2D eigenvalue weighted by Gasteiger charge is 2.54. The summed E-state index contributed by atoms with van der Waals surface area (Å²) in [5.41, 5.74) is 0.308. The number of nitrogens with two attached hydrogens (primary N) is 1. The summed E-state index contributed by atoms with van der Waals surface area (Å²) in [6.07, 6.45) is 1.25. The zero-order valence-electron chi connectivity index (χ0n) is 17.1. The van der Waals surface area contributed by atoms with Crippen LogP contribution in [0, 0.1) is 0 Å². The fourth-order valence-corrected chi connectivity index (χ4v) is 6.03. The Morgan fingerprint density at radius 2 is 2.12 bits per heavy atom. The summed E-state index contributed by atoms with van der Waals surface area (Å²) in [4.78, 5) is 38.0. The van der Waals surface area contributed by atoms with Gasteiger partial charge < -0.3 is 10.4 Å². The number of primary sulfonamides is 1. The van der Waals surface area contributed by atoms with E-state index in [2.05, 4.69) is 36.4 Å². The zero-order chi connectivity index (χ0) is 24.5. The Hall–Kier alpha value is -3.10. The Bertz CT molecular complexity index is 1240. The van der Waals surface area contributed by atoms with E-state index in [1.54, 1.807) is 0 Å². The maximum Gasteiger partial charge on any atom is 0.352 e. The average Bonchev–Trinajstić information content (AvgIpc) is 3.45. The van der Waals surface area contributed by atoms with Crippen molar-refractivity contribution in [2.24, 2.45) is 5.14 Å². The Morgan fingerprint density at radius 1 is 1.32 bits per heavy atom. The van der Waals surface area contributed by atoms with Crippen LogP contribution in [0.5, 0.6) is 0 Å². The smallest absolute Gasteiger partial charge is 0.352 e. The molecule has 4 heterocycles. The molecule has 2 atom stereocenters. The number of carboxylic acids is 1. The Balaban J connectivity index is 1.42. The number of thioether (sulfide) groups is 2. The molecule has 2 amide bonds. The molecule has 2 aromatic rings. The number of aryl methyl sites for hydroxylation is 1. The number of amides is 2. The first kappa shape index (κ1) is 24.0. The second-order valence-corrected chi connectivity index (χ2v) is 10.8. The lowest BCUT2D eigenvalue weighted by Crippen LogP contribution is -2.70. The third-order valence-corrected chi connectivity index (χ3v) is 7.86. The maximum absolute atomic E-state index is 12.7. The molecule has 1 fully saturated rings. The van der Waals surface area contributed by atoms with Crippen LogP contribution in [0.1, 0.15) is 0 Å². The summed E-state index contributed by atoms with van der Waals surface area (Å²) in [5.74, 6) is -2.23. The van der Waals surface area contributed by atoms with Gasteiger partial charge in [0.1, 0.15) is 30.0 Å². The number of hydrogen-bond donors (Lipinski definition) is 3. The Labute approximate surface area is 199 Å². The Morgan fingerprint density at radius 3 is 2.79 bits per heavy atom. The second kappa shape index (κ2) is 9.64. The Kier molecular flexibility index (Phi) is 6.81. The highest BCUT2D eigenvalue weighted by molar-refractivity contribution is 8.01. The van der Waals surface area contributed by atoms with Crippen molar-refractivity contribution in [3.8, 4) is 0 Å². The number of carbonyl (C=O) groups is 3. The van der Waals surface area contributed by atoms with Gasteiger partial charge in [-0.2, -0.15) is 0 Å². The number of nitrogens with zero attached hydrogens (tertiary/aromatic N) is 9. The lowest BCUT2D eigenvalue weighted by molar-refractivity contribution is -0.150. The van der Waals surface area contributed by atoms with E-state index in [1.807, 2.05) is 0 Å². The van der Waals surface area contributed by atoms with E-state index in [9.17, 15) is 27.9 Å². The van der Waals surface area contributed by atoms with E-state index in [-0.39, 0.29) is 35.4 Å². The SMILES string of the molecule is NS(=O)(=O)CCn1nnnc1SCC1=C(C(=O)O)N2C(=O)C(NC(=O)Cn3cnnn3)[C@H]2SC1. The molecule has 34 heavy (non-hydrogen) atoms. The number of fused-ring (bicyclic) bond motifs is 1.